The largest absolute Gasteiger partial charge is 0.376 e. The molecule has 2 aliphatic rings. The molecule has 1 unspecified atom stereocenters. The highest BCUT2D eigenvalue weighted by atomic mass is 32.2. The van der Waals surface area contributed by atoms with E-state index >= 15 is 0 Å². The lowest BCUT2D eigenvalue weighted by molar-refractivity contribution is -0.132. The van der Waals surface area contributed by atoms with E-state index in [1.54, 1.807) is 26.2 Å². The molecule has 2 saturated heterocycles. The quantitative estimate of drug-likeness (QED) is 0.259. The third kappa shape index (κ3) is 8.68. The Kier molecular flexibility index (Phi) is 11.8. The van der Waals surface area contributed by atoms with Crippen molar-refractivity contribution in [3.63, 3.8) is 0 Å². The first kappa shape index (κ1) is 32.7. The Morgan fingerprint density at radius 3 is 2.33 bits per heavy atom. The molecule has 10 heteroatoms. The van der Waals surface area contributed by atoms with E-state index in [4.69, 9.17) is 0 Å². The van der Waals surface area contributed by atoms with Crippen LogP contribution in [0.1, 0.15) is 60.0 Å². The molecule has 2 heterocycles. The average molecular weight is 608 g/mol. The number of carbonyl (C=O) groups is 4. The van der Waals surface area contributed by atoms with Gasteiger partial charge in [-0.15, -0.1) is 0 Å². The molecule has 0 saturated carbocycles. The highest BCUT2D eigenvalue weighted by Crippen LogP contribution is 2.43. The van der Waals surface area contributed by atoms with Gasteiger partial charge in [-0.3, -0.25) is 19.3 Å². The topological polar surface area (TPSA) is 102 Å². The van der Waals surface area contributed by atoms with Crippen molar-refractivity contribution < 1.29 is 19.2 Å². The lowest BCUT2D eigenvalue weighted by atomic mass is 9.71. The van der Waals surface area contributed by atoms with Crippen molar-refractivity contribution in [2.45, 2.75) is 62.9 Å². The highest BCUT2D eigenvalue weighted by Gasteiger charge is 2.38. The maximum Gasteiger partial charge on any atom is 0.241 e. The smallest absolute Gasteiger partial charge is 0.241 e. The predicted octanol–water partition coefficient (Wildman–Crippen LogP) is 4.16. The molecular weight excluding hydrogens is 562 g/mol. The predicted molar refractivity (Wildman–Crippen MR) is 171 cm³/mol. The number of carbonyl (C=O) groups excluding carboxylic acids is 4. The fourth-order valence-electron chi connectivity index (χ4n) is 6.17. The monoisotopic (exact) mass is 607 g/mol. The molecule has 0 radical (unpaired) electrons. The minimum atomic E-state index is -0.516. The molecule has 0 aliphatic carbocycles. The minimum absolute atomic E-state index is 0.0484. The number of aryl methyl sites for hydroxylation is 1. The number of rotatable bonds is 13. The lowest BCUT2D eigenvalue weighted by Gasteiger charge is -2.46. The summed E-state index contributed by atoms with van der Waals surface area (Å²) in [4.78, 5) is 53.7. The molecule has 1 spiro atoms. The van der Waals surface area contributed by atoms with Gasteiger partial charge in [0.15, 0.2) is 0 Å². The van der Waals surface area contributed by atoms with E-state index in [0.29, 0.717) is 29.6 Å². The van der Waals surface area contributed by atoms with Crippen molar-refractivity contribution in [1.82, 2.24) is 19.4 Å². The molecule has 232 valence electrons. The van der Waals surface area contributed by atoms with E-state index in [0.717, 1.165) is 70.0 Å². The van der Waals surface area contributed by atoms with Crippen LogP contribution in [0.3, 0.4) is 0 Å². The van der Waals surface area contributed by atoms with Gasteiger partial charge in [0.05, 0.1) is 12.6 Å². The van der Waals surface area contributed by atoms with Gasteiger partial charge >= 0.3 is 0 Å². The molecule has 2 aromatic rings. The van der Waals surface area contributed by atoms with Crippen LogP contribution in [0.5, 0.6) is 0 Å². The number of aldehydes is 2. The first-order valence-electron chi connectivity index (χ1n) is 15.2. The summed E-state index contributed by atoms with van der Waals surface area (Å²) in [5, 5.41) is 5.94. The maximum absolute atomic E-state index is 13.3. The Morgan fingerprint density at radius 2 is 1.70 bits per heavy atom. The fourth-order valence-corrected chi connectivity index (χ4v) is 7.10. The molecule has 0 aromatic heterocycles. The second kappa shape index (κ2) is 15.5. The molecule has 1 atom stereocenters. The molecule has 2 aliphatic heterocycles. The van der Waals surface area contributed by atoms with Crippen LogP contribution in [0.2, 0.25) is 0 Å². The highest BCUT2D eigenvalue weighted by molar-refractivity contribution is 7.97. The van der Waals surface area contributed by atoms with Crippen LogP contribution in [0.25, 0.3) is 0 Å². The zero-order chi connectivity index (χ0) is 30.8. The zero-order valence-corrected chi connectivity index (χ0v) is 26.5. The number of amides is 2. The van der Waals surface area contributed by atoms with Crippen molar-refractivity contribution in [3.05, 3.63) is 59.2 Å². The lowest BCUT2D eigenvalue weighted by Crippen LogP contribution is -2.48. The summed E-state index contributed by atoms with van der Waals surface area (Å²) in [6, 6.07) is 13.6. The van der Waals surface area contributed by atoms with Gasteiger partial charge in [0.1, 0.15) is 12.6 Å². The van der Waals surface area contributed by atoms with Crippen molar-refractivity contribution in [3.8, 4) is 0 Å². The van der Waals surface area contributed by atoms with Gasteiger partial charge in [0, 0.05) is 62.3 Å². The Labute approximate surface area is 259 Å². The van der Waals surface area contributed by atoms with Crippen LogP contribution < -0.4 is 10.6 Å². The normalized spacial score (nSPS) is 17.4. The SMILES string of the molecule is CNC(=O)C(CCC=O)N(C)Cc1c(C=O)cccc1NCC(=O)N1CCC2(CCN(Sc3ccc(C)cc3)CC2)CC1. The van der Waals surface area contributed by atoms with Gasteiger partial charge in [-0.1, -0.05) is 29.8 Å². The first-order valence-corrected chi connectivity index (χ1v) is 16.0. The van der Waals surface area contributed by atoms with Gasteiger partial charge in [-0.2, -0.15) is 0 Å². The van der Waals surface area contributed by atoms with Crippen molar-refractivity contribution in [2.75, 3.05) is 52.1 Å². The van der Waals surface area contributed by atoms with E-state index in [-0.39, 0.29) is 24.8 Å². The summed E-state index contributed by atoms with van der Waals surface area (Å²) in [7, 11) is 3.37. The zero-order valence-electron chi connectivity index (χ0n) is 25.6. The molecule has 2 amide bonds. The van der Waals surface area contributed by atoms with Gasteiger partial charge in [0.2, 0.25) is 11.8 Å². The molecule has 9 nitrogen and oxygen atoms in total. The Bertz CT molecular complexity index is 1250. The number of nitrogens with one attached hydrogen (secondary N) is 2. The molecule has 4 rings (SSSR count). The van der Waals surface area contributed by atoms with Crippen LogP contribution in [0.4, 0.5) is 5.69 Å². The Balaban J connectivity index is 1.30. The molecule has 2 N–H and O–H groups in total. The number of anilines is 1. The van der Waals surface area contributed by atoms with Crippen molar-refractivity contribution in [2.24, 2.45) is 5.41 Å². The van der Waals surface area contributed by atoms with E-state index in [9.17, 15) is 19.2 Å². The summed E-state index contributed by atoms with van der Waals surface area (Å²) in [5.74, 6) is -0.136. The standard InChI is InChI=1S/C33H45N5O4S/c1-25-9-11-27(12-10-25)43-38-19-15-33(16-20-38)13-17-37(18-14-33)31(41)22-35-29-7-4-6-26(24-40)28(29)23-36(3)30(8-5-21-39)32(42)34-2/h4,6-7,9-12,21,24,30,35H,5,8,13-20,22-23H2,1-3H3,(H,34,42). The summed E-state index contributed by atoms with van der Waals surface area (Å²) in [6.45, 7) is 6.22. The van der Waals surface area contributed by atoms with E-state index in [1.165, 1.54) is 10.5 Å². The van der Waals surface area contributed by atoms with Crippen LogP contribution in [-0.2, 0) is 20.9 Å². The number of hydrogen-bond donors (Lipinski definition) is 2. The number of likely N-dealkylation sites (tertiary alicyclic amines) is 1. The van der Waals surface area contributed by atoms with E-state index in [1.807, 2.05) is 27.8 Å². The number of piperidine rings is 2. The van der Waals surface area contributed by atoms with Crippen molar-refractivity contribution >= 4 is 42.0 Å². The molecule has 2 fully saturated rings. The Hall–Kier alpha value is -3.21. The van der Waals surface area contributed by atoms with E-state index < -0.39 is 6.04 Å². The van der Waals surface area contributed by atoms with Gasteiger partial charge in [-0.05, 0) is 87.2 Å². The molecule has 43 heavy (non-hydrogen) atoms. The molecule has 2 aromatic carbocycles. The van der Waals surface area contributed by atoms with Gasteiger partial charge < -0.3 is 20.3 Å². The summed E-state index contributed by atoms with van der Waals surface area (Å²) >= 11 is 1.85. The first-order chi connectivity index (χ1) is 20.8. The van der Waals surface area contributed by atoms with Crippen LogP contribution in [0, 0.1) is 12.3 Å². The van der Waals surface area contributed by atoms with Crippen LogP contribution in [-0.4, -0.2) is 91.4 Å². The third-order valence-electron chi connectivity index (χ3n) is 9.03. The minimum Gasteiger partial charge on any atom is -0.376 e. The number of nitrogens with zero attached hydrogens (tertiary/aromatic N) is 3. The average Bonchev–Trinajstić information content (AvgIpc) is 3.03. The number of benzene rings is 2. The fraction of sp³-hybridized carbons (Fsp3) is 0.515. The summed E-state index contributed by atoms with van der Waals surface area (Å²) in [5.41, 5.74) is 3.51. The van der Waals surface area contributed by atoms with Crippen LogP contribution in [0.15, 0.2) is 47.4 Å². The van der Waals surface area contributed by atoms with Gasteiger partial charge in [-0.25, -0.2) is 4.31 Å². The van der Waals surface area contributed by atoms with Crippen LogP contribution >= 0.6 is 11.9 Å². The summed E-state index contributed by atoms with van der Waals surface area (Å²) in [6.07, 6.45) is 6.62. The molecule has 0 bridgehead atoms. The third-order valence-corrected chi connectivity index (χ3v) is 10.1. The summed E-state index contributed by atoms with van der Waals surface area (Å²) < 4.78 is 2.47. The number of hydrogen-bond acceptors (Lipinski definition) is 8. The van der Waals surface area contributed by atoms with Gasteiger partial charge in [0.25, 0.3) is 0 Å². The second-order valence-corrected chi connectivity index (χ2v) is 13.0. The Morgan fingerprint density at radius 1 is 1.02 bits per heavy atom. The van der Waals surface area contributed by atoms with E-state index in [2.05, 4.69) is 46.1 Å². The maximum atomic E-state index is 13.3. The molecular formula is C33H45N5O4S. The number of likely N-dealkylation sites (N-methyl/N-ethyl adjacent to an activating group) is 2. The second-order valence-electron chi connectivity index (χ2n) is 11.8. The van der Waals surface area contributed by atoms with Crippen molar-refractivity contribution in [1.29, 1.82) is 0 Å².